The molecule has 1 heterocycles. The van der Waals surface area contributed by atoms with Crippen molar-refractivity contribution < 1.29 is 4.74 Å². The molecule has 0 amide bonds. The van der Waals surface area contributed by atoms with Gasteiger partial charge in [-0.3, -0.25) is 0 Å². The third-order valence-corrected chi connectivity index (χ3v) is 4.87. The Hall–Kier alpha value is -1.80. The number of benzene rings is 2. The summed E-state index contributed by atoms with van der Waals surface area (Å²) in [6.07, 6.45) is 6.38. The number of hydrogen-bond donors (Lipinski definition) is 0. The Labute approximate surface area is 146 Å². The topological polar surface area (TPSA) is 12.5 Å². The van der Waals surface area contributed by atoms with Gasteiger partial charge in [-0.1, -0.05) is 55.0 Å². The third-order valence-electron chi connectivity index (χ3n) is 4.87. The van der Waals surface area contributed by atoms with E-state index in [1.165, 1.54) is 44.5 Å². The molecule has 0 aliphatic carbocycles. The van der Waals surface area contributed by atoms with Gasteiger partial charge < -0.3 is 9.64 Å². The normalized spacial score (nSPS) is 16.7. The Morgan fingerprint density at radius 1 is 0.833 bits per heavy atom. The zero-order chi connectivity index (χ0) is 16.5. The first-order chi connectivity index (χ1) is 11.9. The average Bonchev–Trinajstić information content (AvgIpc) is 2.64. The van der Waals surface area contributed by atoms with E-state index < -0.39 is 0 Å². The molecule has 1 saturated heterocycles. The van der Waals surface area contributed by atoms with Crippen LogP contribution in [0.4, 0.5) is 0 Å². The van der Waals surface area contributed by atoms with Gasteiger partial charge in [0.15, 0.2) is 0 Å². The van der Waals surface area contributed by atoms with E-state index >= 15 is 0 Å². The first-order valence-electron chi connectivity index (χ1n) is 9.34. The van der Waals surface area contributed by atoms with Crippen LogP contribution in [0.15, 0.2) is 60.7 Å². The molecule has 2 aromatic rings. The summed E-state index contributed by atoms with van der Waals surface area (Å²) in [4.78, 5) is 2.65. The van der Waals surface area contributed by atoms with Gasteiger partial charge in [0.1, 0.15) is 5.75 Å². The van der Waals surface area contributed by atoms with Crippen LogP contribution in [-0.2, 0) is 6.42 Å². The van der Waals surface area contributed by atoms with Gasteiger partial charge in [0.25, 0.3) is 0 Å². The van der Waals surface area contributed by atoms with E-state index in [9.17, 15) is 0 Å². The van der Waals surface area contributed by atoms with E-state index in [4.69, 9.17) is 4.74 Å². The van der Waals surface area contributed by atoms with Gasteiger partial charge in [0.05, 0.1) is 6.61 Å². The highest BCUT2D eigenvalue weighted by Gasteiger charge is 2.17. The van der Waals surface area contributed by atoms with Crippen LogP contribution >= 0.6 is 0 Å². The molecule has 1 unspecified atom stereocenters. The summed E-state index contributed by atoms with van der Waals surface area (Å²) in [5, 5.41) is 0. The smallest absolute Gasteiger partial charge is 0.119 e. The molecule has 0 N–H and O–H groups in total. The zero-order valence-corrected chi connectivity index (χ0v) is 14.6. The molecule has 0 aromatic heterocycles. The number of nitrogens with zero attached hydrogens (tertiary/aromatic N) is 1. The number of para-hydroxylation sites is 1. The maximum Gasteiger partial charge on any atom is 0.119 e. The molecule has 0 saturated carbocycles. The van der Waals surface area contributed by atoms with Crippen LogP contribution in [0, 0.1) is 5.92 Å². The van der Waals surface area contributed by atoms with Gasteiger partial charge in [-0.05, 0) is 62.4 Å². The fourth-order valence-corrected chi connectivity index (χ4v) is 3.57. The Bertz CT molecular complexity index is 563. The number of likely N-dealkylation sites (tertiary alicyclic amines) is 1. The Kier molecular flexibility index (Phi) is 6.73. The molecule has 2 aromatic carbocycles. The van der Waals surface area contributed by atoms with Gasteiger partial charge in [-0.25, -0.2) is 0 Å². The highest BCUT2D eigenvalue weighted by Crippen LogP contribution is 2.18. The van der Waals surface area contributed by atoms with Crippen molar-refractivity contribution in [3.8, 4) is 5.75 Å². The van der Waals surface area contributed by atoms with Gasteiger partial charge in [-0.2, -0.15) is 0 Å². The number of ether oxygens (including phenoxy) is 1. The van der Waals surface area contributed by atoms with Crippen LogP contribution in [0.5, 0.6) is 5.75 Å². The fourth-order valence-electron chi connectivity index (χ4n) is 3.57. The summed E-state index contributed by atoms with van der Waals surface area (Å²) in [5.41, 5.74) is 1.44. The lowest BCUT2D eigenvalue weighted by molar-refractivity contribution is 0.176. The van der Waals surface area contributed by atoms with Gasteiger partial charge in [0, 0.05) is 6.54 Å². The Morgan fingerprint density at radius 3 is 2.21 bits per heavy atom. The predicted molar refractivity (Wildman–Crippen MR) is 100 cm³/mol. The second kappa shape index (κ2) is 9.48. The molecule has 2 heteroatoms. The predicted octanol–water partition coefficient (Wildman–Crippen LogP) is 4.80. The molecule has 128 valence electrons. The van der Waals surface area contributed by atoms with Gasteiger partial charge in [-0.15, -0.1) is 0 Å². The van der Waals surface area contributed by atoms with Crippen molar-refractivity contribution >= 4 is 0 Å². The second-order valence-electron chi connectivity index (χ2n) is 6.87. The lowest BCUT2D eigenvalue weighted by Crippen LogP contribution is -2.35. The van der Waals surface area contributed by atoms with Gasteiger partial charge in [0.2, 0.25) is 0 Å². The third kappa shape index (κ3) is 5.68. The van der Waals surface area contributed by atoms with Crippen LogP contribution in [0.3, 0.4) is 0 Å². The summed E-state index contributed by atoms with van der Waals surface area (Å²) >= 11 is 0. The largest absolute Gasteiger partial charge is 0.494 e. The summed E-state index contributed by atoms with van der Waals surface area (Å²) in [6, 6.07) is 21.1. The second-order valence-corrected chi connectivity index (χ2v) is 6.87. The molecular weight excluding hydrogens is 294 g/mol. The zero-order valence-electron chi connectivity index (χ0n) is 14.6. The first kappa shape index (κ1) is 17.0. The molecule has 1 aliphatic rings. The van der Waals surface area contributed by atoms with Crippen molar-refractivity contribution in [1.82, 2.24) is 4.90 Å². The van der Waals surface area contributed by atoms with Crippen LogP contribution in [0.2, 0.25) is 0 Å². The monoisotopic (exact) mass is 323 g/mol. The molecule has 0 spiro atoms. The SMILES string of the molecule is c1ccc(CC(CCOc2ccccc2)CN2CCCCC2)cc1. The van der Waals surface area contributed by atoms with Crippen LogP contribution in [0.1, 0.15) is 31.2 Å². The Morgan fingerprint density at radius 2 is 1.50 bits per heavy atom. The molecule has 3 rings (SSSR count). The lowest BCUT2D eigenvalue weighted by Gasteiger charge is -2.30. The standard InChI is InChI=1S/C22H29NO/c1-4-10-20(11-5-1)18-21(19-23-15-8-3-9-16-23)14-17-24-22-12-6-2-7-13-22/h1-2,4-7,10-13,21H,3,8-9,14-19H2. The molecule has 1 atom stereocenters. The molecule has 0 bridgehead atoms. The average molecular weight is 323 g/mol. The number of piperidine rings is 1. The van der Waals surface area contributed by atoms with Crippen molar-refractivity contribution in [3.63, 3.8) is 0 Å². The van der Waals surface area contributed by atoms with Crippen LogP contribution < -0.4 is 4.74 Å². The van der Waals surface area contributed by atoms with Crippen molar-refractivity contribution in [3.05, 3.63) is 66.2 Å². The van der Waals surface area contributed by atoms with Crippen molar-refractivity contribution in [2.24, 2.45) is 5.92 Å². The highest BCUT2D eigenvalue weighted by atomic mass is 16.5. The van der Waals surface area contributed by atoms with E-state index in [0.29, 0.717) is 5.92 Å². The quantitative estimate of drug-likeness (QED) is 0.692. The lowest BCUT2D eigenvalue weighted by atomic mass is 9.95. The van der Waals surface area contributed by atoms with Crippen molar-refractivity contribution in [1.29, 1.82) is 0 Å². The molecule has 2 nitrogen and oxygen atoms in total. The van der Waals surface area contributed by atoms with E-state index in [0.717, 1.165) is 25.2 Å². The van der Waals surface area contributed by atoms with E-state index in [-0.39, 0.29) is 0 Å². The van der Waals surface area contributed by atoms with Crippen molar-refractivity contribution in [2.75, 3.05) is 26.2 Å². The molecule has 1 fully saturated rings. The van der Waals surface area contributed by atoms with E-state index in [1.807, 2.05) is 30.3 Å². The molecule has 0 radical (unpaired) electrons. The van der Waals surface area contributed by atoms with Crippen LogP contribution in [0.25, 0.3) is 0 Å². The molecule has 1 aliphatic heterocycles. The fraction of sp³-hybridized carbons (Fsp3) is 0.455. The van der Waals surface area contributed by atoms with Gasteiger partial charge >= 0.3 is 0 Å². The Balaban J connectivity index is 1.53. The minimum atomic E-state index is 0.661. The number of rotatable bonds is 8. The van der Waals surface area contributed by atoms with Crippen LogP contribution in [-0.4, -0.2) is 31.1 Å². The van der Waals surface area contributed by atoms with E-state index in [2.05, 4.69) is 35.2 Å². The summed E-state index contributed by atoms with van der Waals surface area (Å²) in [7, 11) is 0. The first-order valence-corrected chi connectivity index (χ1v) is 9.34. The number of hydrogen-bond acceptors (Lipinski definition) is 2. The highest BCUT2D eigenvalue weighted by molar-refractivity contribution is 5.21. The summed E-state index contributed by atoms with van der Waals surface area (Å²) in [5.74, 6) is 1.64. The van der Waals surface area contributed by atoms with Crippen molar-refractivity contribution in [2.45, 2.75) is 32.1 Å². The maximum absolute atomic E-state index is 5.94. The van der Waals surface area contributed by atoms with E-state index in [1.54, 1.807) is 0 Å². The minimum absolute atomic E-state index is 0.661. The summed E-state index contributed by atoms with van der Waals surface area (Å²) in [6.45, 7) is 4.54. The summed E-state index contributed by atoms with van der Waals surface area (Å²) < 4.78 is 5.94. The molecule has 24 heavy (non-hydrogen) atoms. The molecular formula is C22H29NO. The maximum atomic E-state index is 5.94. The minimum Gasteiger partial charge on any atom is -0.494 e.